The third-order valence-electron chi connectivity index (χ3n) is 3.37. The Labute approximate surface area is 99.0 Å². The van der Waals surface area contributed by atoms with Crippen LogP contribution in [0.3, 0.4) is 0 Å². The van der Waals surface area contributed by atoms with E-state index in [4.69, 9.17) is 0 Å². The zero-order valence-electron chi connectivity index (χ0n) is 9.22. The van der Waals surface area contributed by atoms with Gasteiger partial charge in [-0.1, -0.05) is 24.8 Å². The summed E-state index contributed by atoms with van der Waals surface area (Å²) in [6.07, 6.45) is 3.01. The molecule has 1 atom stereocenters. The van der Waals surface area contributed by atoms with Crippen LogP contribution in [0, 0.1) is 0 Å². The molecule has 0 saturated heterocycles. The van der Waals surface area contributed by atoms with E-state index in [-0.39, 0.29) is 11.9 Å². The first-order valence-electron chi connectivity index (χ1n) is 5.49. The molecule has 0 radical (unpaired) electrons. The number of nitrogens with zero attached hydrogens (tertiary/aromatic N) is 1. The molecule has 1 aromatic carbocycles. The lowest BCUT2D eigenvalue weighted by atomic mass is 9.93. The van der Waals surface area contributed by atoms with Crippen molar-refractivity contribution in [1.82, 2.24) is 4.90 Å². The van der Waals surface area contributed by atoms with E-state index in [0.29, 0.717) is 12.0 Å². The van der Waals surface area contributed by atoms with Crippen LogP contribution in [0.25, 0.3) is 0 Å². The standard InChI is InChI=1S/C14H11NO2/c1-9-6-13-11-4-2-3-5-12(11)14(17)15(13)7-10(9)8-16/h2-5,7-8,13H,1,6H2/t13-/m0/s1. The van der Waals surface area contributed by atoms with E-state index in [0.717, 1.165) is 23.0 Å². The van der Waals surface area contributed by atoms with Gasteiger partial charge < -0.3 is 4.90 Å². The third-order valence-corrected chi connectivity index (χ3v) is 3.37. The fourth-order valence-corrected chi connectivity index (χ4v) is 2.48. The molecule has 3 nitrogen and oxygen atoms in total. The highest BCUT2D eigenvalue weighted by Crippen LogP contribution is 2.41. The van der Waals surface area contributed by atoms with Crippen molar-refractivity contribution in [2.45, 2.75) is 12.5 Å². The summed E-state index contributed by atoms with van der Waals surface area (Å²) in [6, 6.07) is 7.58. The van der Waals surface area contributed by atoms with Crippen molar-refractivity contribution >= 4 is 12.2 Å². The van der Waals surface area contributed by atoms with Crippen molar-refractivity contribution in [2.24, 2.45) is 0 Å². The smallest absolute Gasteiger partial charge is 0.258 e. The Morgan fingerprint density at radius 3 is 2.88 bits per heavy atom. The van der Waals surface area contributed by atoms with Crippen molar-refractivity contribution < 1.29 is 9.59 Å². The van der Waals surface area contributed by atoms with E-state index in [1.54, 1.807) is 11.1 Å². The van der Waals surface area contributed by atoms with Gasteiger partial charge in [0.1, 0.15) is 0 Å². The Morgan fingerprint density at radius 1 is 1.35 bits per heavy atom. The van der Waals surface area contributed by atoms with Crippen molar-refractivity contribution in [3.05, 3.63) is 59.3 Å². The first-order valence-corrected chi connectivity index (χ1v) is 5.49. The minimum Gasteiger partial charge on any atom is -0.306 e. The fraction of sp³-hybridized carbons (Fsp3) is 0.143. The summed E-state index contributed by atoms with van der Waals surface area (Å²) in [6.45, 7) is 3.89. The van der Waals surface area contributed by atoms with Crippen LogP contribution in [0.5, 0.6) is 0 Å². The lowest BCUT2D eigenvalue weighted by molar-refractivity contribution is -0.104. The third kappa shape index (κ3) is 1.29. The maximum Gasteiger partial charge on any atom is 0.258 e. The molecule has 3 heteroatoms. The first kappa shape index (κ1) is 10.0. The SMILES string of the molecule is C=C1C[C@H]2c3ccccc3C(=O)N2C=C1C=O. The number of hydrogen-bond donors (Lipinski definition) is 0. The van der Waals surface area contributed by atoms with Crippen LogP contribution in [-0.4, -0.2) is 17.1 Å². The number of allylic oxidation sites excluding steroid dienone is 1. The van der Waals surface area contributed by atoms with Gasteiger partial charge in [-0.15, -0.1) is 0 Å². The molecule has 84 valence electrons. The monoisotopic (exact) mass is 225 g/mol. The van der Waals surface area contributed by atoms with Crippen LogP contribution in [0.2, 0.25) is 0 Å². The van der Waals surface area contributed by atoms with E-state index in [1.165, 1.54) is 0 Å². The normalized spacial score (nSPS) is 22.0. The predicted octanol–water partition coefficient (Wildman–Crippen LogP) is 2.23. The number of rotatable bonds is 1. The molecule has 2 aliphatic heterocycles. The summed E-state index contributed by atoms with van der Waals surface area (Å²) in [5, 5.41) is 0. The van der Waals surface area contributed by atoms with Crippen LogP contribution in [0.1, 0.15) is 28.4 Å². The molecule has 0 bridgehead atoms. The second kappa shape index (κ2) is 3.42. The number of carbonyl (C=O) groups excluding carboxylic acids is 2. The van der Waals surface area contributed by atoms with Gasteiger partial charge in [0.25, 0.3) is 5.91 Å². The molecule has 17 heavy (non-hydrogen) atoms. The molecule has 0 spiro atoms. The molecule has 2 aliphatic rings. The van der Waals surface area contributed by atoms with Crippen LogP contribution in [0.15, 0.2) is 48.2 Å². The van der Waals surface area contributed by atoms with Gasteiger partial charge >= 0.3 is 0 Å². The highest BCUT2D eigenvalue weighted by atomic mass is 16.2. The van der Waals surface area contributed by atoms with Crippen molar-refractivity contribution in [3.8, 4) is 0 Å². The van der Waals surface area contributed by atoms with E-state index in [9.17, 15) is 9.59 Å². The highest BCUT2D eigenvalue weighted by Gasteiger charge is 2.38. The van der Waals surface area contributed by atoms with Crippen LogP contribution in [-0.2, 0) is 4.79 Å². The maximum atomic E-state index is 12.1. The molecule has 1 amide bonds. The van der Waals surface area contributed by atoms with Crippen LogP contribution < -0.4 is 0 Å². The Bertz CT molecular complexity index is 571. The number of benzene rings is 1. The number of amides is 1. The highest BCUT2D eigenvalue weighted by molar-refractivity contribution is 6.01. The lowest BCUT2D eigenvalue weighted by Crippen LogP contribution is -2.27. The van der Waals surface area contributed by atoms with Gasteiger partial charge in [0.05, 0.1) is 6.04 Å². The first-order chi connectivity index (χ1) is 8.22. The quantitative estimate of drug-likeness (QED) is 0.687. The summed E-state index contributed by atoms with van der Waals surface area (Å²) >= 11 is 0. The van der Waals surface area contributed by atoms with Crippen molar-refractivity contribution in [1.29, 1.82) is 0 Å². The van der Waals surface area contributed by atoms with E-state index >= 15 is 0 Å². The van der Waals surface area contributed by atoms with Gasteiger partial charge in [0.15, 0.2) is 6.29 Å². The maximum absolute atomic E-state index is 12.1. The van der Waals surface area contributed by atoms with Gasteiger partial charge in [0.2, 0.25) is 0 Å². The number of hydrogen-bond acceptors (Lipinski definition) is 2. The molecule has 0 aliphatic carbocycles. The largest absolute Gasteiger partial charge is 0.306 e. The molecule has 0 unspecified atom stereocenters. The number of aldehydes is 1. The van der Waals surface area contributed by atoms with Crippen LogP contribution >= 0.6 is 0 Å². The van der Waals surface area contributed by atoms with E-state index in [1.807, 2.05) is 24.3 Å². The van der Waals surface area contributed by atoms with E-state index < -0.39 is 0 Å². The summed E-state index contributed by atoms with van der Waals surface area (Å²) < 4.78 is 0. The Kier molecular flexibility index (Phi) is 2.01. The van der Waals surface area contributed by atoms with Gasteiger partial charge in [-0.05, 0) is 23.6 Å². The molecule has 0 aromatic heterocycles. The predicted molar refractivity (Wildman–Crippen MR) is 63.3 cm³/mol. The van der Waals surface area contributed by atoms with Gasteiger partial charge in [-0.3, -0.25) is 9.59 Å². The van der Waals surface area contributed by atoms with E-state index in [2.05, 4.69) is 6.58 Å². The zero-order chi connectivity index (χ0) is 12.0. The number of carbonyl (C=O) groups is 2. The summed E-state index contributed by atoms with van der Waals surface area (Å²) in [7, 11) is 0. The topological polar surface area (TPSA) is 37.4 Å². The Hall–Kier alpha value is -2.16. The zero-order valence-corrected chi connectivity index (χ0v) is 9.22. The second-order valence-corrected chi connectivity index (χ2v) is 4.33. The minimum absolute atomic E-state index is 0.00917. The second-order valence-electron chi connectivity index (χ2n) is 4.33. The summed E-state index contributed by atoms with van der Waals surface area (Å²) in [4.78, 5) is 24.6. The fourth-order valence-electron chi connectivity index (χ4n) is 2.48. The van der Waals surface area contributed by atoms with Gasteiger partial charge in [-0.2, -0.15) is 0 Å². The van der Waals surface area contributed by atoms with Crippen LogP contribution in [0.4, 0.5) is 0 Å². The minimum atomic E-state index is -0.0301. The molecule has 0 fully saturated rings. The average molecular weight is 225 g/mol. The molecule has 0 N–H and O–H groups in total. The van der Waals surface area contributed by atoms with Crippen molar-refractivity contribution in [3.63, 3.8) is 0 Å². The number of fused-ring (bicyclic) bond motifs is 3. The van der Waals surface area contributed by atoms with Gasteiger partial charge in [-0.25, -0.2) is 0 Å². The lowest BCUT2D eigenvalue weighted by Gasteiger charge is -2.28. The molecule has 0 saturated carbocycles. The molecule has 3 rings (SSSR count). The summed E-state index contributed by atoms with van der Waals surface area (Å²) in [5.41, 5.74) is 3.07. The Balaban J connectivity index is 2.14. The Morgan fingerprint density at radius 2 is 2.12 bits per heavy atom. The molecule has 1 aromatic rings. The average Bonchev–Trinajstić information content (AvgIpc) is 2.63. The van der Waals surface area contributed by atoms with Crippen molar-refractivity contribution in [2.75, 3.05) is 0 Å². The molecule has 2 heterocycles. The molecular formula is C14H11NO2. The van der Waals surface area contributed by atoms with Gasteiger partial charge in [0, 0.05) is 17.3 Å². The summed E-state index contributed by atoms with van der Waals surface area (Å²) in [5.74, 6) is -0.0301. The molecular weight excluding hydrogens is 214 g/mol.